The highest BCUT2D eigenvalue weighted by Gasteiger charge is 2.52. The van der Waals surface area contributed by atoms with Crippen LogP contribution >= 0.6 is 0 Å². The molecule has 3 amide bonds. The summed E-state index contributed by atoms with van der Waals surface area (Å²) in [5.41, 5.74) is 8.09. The van der Waals surface area contributed by atoms with Gasteiger partial charge in [0.25, 0.3) is 0 Å². The fraction of sp³-hybridized carbons (Fsp3) is 0.586. The first kappa shape index (κ1) is 24.9. The van der Waals surface area contributed by atoms with Crippen LogP contribution in [0.4, 0.5) is 0 Å². The van der Waals surface area contributed by atoms with Crippen molar-refractivity contribution in [2.75, 3.05) is 13.1 Å². The number of carbonyl (C=O) groups is 3. The zero-order valence-electron chi connectivity index (χ0n) is 21.9. The number of imide groups is 1. The van der Waals surface area contributed by atoms with E-state index in [9.17, 15) is 19.2 Å². The molecule has 2 aromatic rings. The van der Waals surface area contributed by atoms with Gasteiger partial charge in [-0.15, -0.1) is 0 Å². The molecule has 9 heteroatoms. The van der Waals surface area contributed by atoms with E-state index in [-0.39, 0.29) is 34.9 Å². The van der Waals surface area contributed by atoms with E-state index in [1.165, 1.54) is 9.13 Å². The number of benzene rings is 1. The molecular formula is C29H35N5O4. The van der Waals surface area contributed by atoms with Crippen molar-refractivity contribution in [1.82, 2.24) is 19.4 Å². The van der Waals surface area contributed by atoms with Gasteiger partial charge in [0, 0.05) is 49.0 Å². The first-order valence-electron chi connectivity index (χ1n) is 13.8. The van der Waals surface area contributed by atoms with Crippen molar-refractivity contribution in [1.29, 1.82) is 0 Å². The van der Waals surface area contributed by atoms with E-state index in [1.807, 2.05) is 18.2 Å². The van der Waals surface area contributed by atoms with Gasteiger partial charge in [0.15, 0.2) is 0 Å². The molecule has 3 heterocycles. The average Bonchev–Trinajstić information content (AvgIpc) is 3.17. The van der Waals surface area contributed by atoms with Gasteiger partial charge in [-0.25, -0.2) is 4.79 Å². The molecule has 0 radical (unpaired) electrons. The van der Waals surface area contributed by atoms with Crippen LogP contribution in [0.2, 0.25) is 0 Å². The summed E-state index contributed by atoms with van der Waals surface area (Å²) < 4.78 is 3.01. The Bertz CT molecular complexity index is 1420. The maximum Gasteiger partial charge on any atom is 0.329 e. The molecule has 3 saturated carbocycles. The van der Waals surface area contributed by atoms with Gasteiger partial charge in [-0.2, -0.15) is 0 Å². The Morgan fingerprint density at radius 2 is 1.68 bits per heavy atom. The van der Waals surface area contributed by atoms with Crippen LogP contribution in [-0.2, 0) is 21.4 Å². The topological polar surface area (TPSA) is 119 Å². The lowest BCUT2D eigenvalue weighted by atomic mass is 9.57. The second-order valence-electron chi connectivity index (χ2n) is 11.9. The van der Waals surface area contributed by atoms with Gasteiger partial charge < -0.3 is 10.6 Å². The summed E-state index contributed by atoms with van der Waals surface area (Å²) in [5, 5.41) is 2.34. The summed E-state index contributed by atoms with van der Waals surface area (Å²) in [6.07, 6.45) is 7.93. The Kier molecular flexibility index (Phi) is 5.98. The molecule has 1 unspecified atom stereocenters. The summed E-state index contributed by atoms with van der Waals surface area (Å²) in [6, 6.07) is 4.88. The van der Waals surface area contributed by atoms with Crippen molar-refractivity contribution in [2.24, 2.45) is 24.1 Å². The van der Waals surface area contributed by atoms with Crippen LogP contribution in [0.25, 0.3) is 11.0 Å². The summed E-state index contributed by atoms with van der Waals surface area (Å²) in [6.45, 7) is 1.49. The van der Waals surface area contributed by atoms with Crippen molar-refractivity contribution in [3.63, 3.8) is 0 Å². The number of nitrogens with one attached hydrogen (secondary N) is 1. The smallest absolute Gasteiger partial charge is 0.329 e. The first-order chi connectivity index (χ1) is 18.2. The summed E-state index contributed by atoms with van der Waals surface area (Å²) in [7, 11) is 1.68. The van der Waals surface area contributed by atoms with E-state index >= 15 is 0 Å². The standard InChI is InChI=1S/C29H35N5O4/c1-32-23-18-20(4-5-21(23)34(27(32)38)22-6-7-24(35)31-25(22)36)3-2-19-8-16-33(17-9-19)26(37)28-10-13-29(30,14-11-28)15-12-28/h4-5,18-19,22H,6-17,30H2,1H3,(H,31,35,36). The van der Waals surface area contributed by atoms with Gasteiger partial charge in [-0.1, -0.05) is 11.8 Å². The number of amides is 3. The molecule has 5 aliphatic rings. The number of aromatic nitrogens is 2. The average molecular weight is 518 g/mol. The summed E-state index contributed by atoms with van der Waals surface area (Å²) in [4.78, 5) is 52.4. The van der Waals surface area contributed by atoms with Crippen LogP contribution < -0.4 is 16.7 Å². The van der Waals surface area contributed by atoms with Crippen molar-refractivity contribution in [3.8, 4) is 11.8 Å². The predicted octanol–water partition coefficient (Wildman–Crippen LogP) is 1.96. The van der Waals surface area contributed by atoms with E-state index in [0.717, 1.165) is 70.0 Å². The van der Waals surface area contributed by atoms with Crippen LogP contribution in [-0.4, -0.2) is 50.4 Å². The Morgan fingerprint density at radius 1 is 1.00 bits per heavy atom. The highest BCUT2D eigenvalue weighted by Crippen LogP contribution is 2.52. The number of likely N-dealkylation sites (tertiary alicyclic amines) is 1. The Labute approximate surface area is 221 Å². The van der Waals surface area contributed by atoms with Gasteiger partial charge in [0.05, 0.1) is 11.0 Å². The van der Waals surface area contributed by atoms with Gasteiger partial charge >= 0.3 is 5.69 Å². The van der Waals surface area contributed by atoms with Crippen LogP contribution in [0, 0.1) is 23.2 Å². The number of rotatable bonds is 2. The minimum atomic E-state index is -0.701. The molecule has 5 fully saturated rings. The maximum atomic E-state index is 13.4. The molecule has 0 spiro atoms. The number of hydrogen-bond acceptors (Lipinski definition) is 5. The molecule has 9 nitrogen and oxygen atoms in total. The van der Waals surface area contributed by atoms with Gasteiger partial charge in [-0.3, -0.25) is 28.8 Å². The number of nitrogens with zero attached hydrogens (tertiary/aromatic N) is 3. The number of hydrogen-bond donors (Lipinski definition) is 2. The molecule has 200 valence electrons. The number of fused-ring (bicyclic) bond motifs is 4. The second-order valence-corrected chi connectivity index (χ2v) is 11.9. The van der Waals surface area contributed by atoms with Crippen LogP contribution in [0.1, 0.15) is 75.8 Å². The fourth-order valence-corrected chi connectivity index (χ4v) is 6.95. The third kappa shape index (κ3) is 4.15. The normalized spacial score (nSPS) is 29.7. The number of aryl methyl sites for hydroxylation is 1. The molecule has 3 N–H and O–H groups in total. The van der Waals surface area contributed by atoms with Crippen molar-refractivity contribution in [2.45, 2.75) is 75.8 Å². The molecule has 7 rings (SSSR count). The van der Waals surface area contributed by atoms with E-state index < -0.39 is 11.9 Å². The third-order valence-electron chi connectivity index (χ3n) is 9.57. The van der Waals surface area contributed by atoms with Crippen molar-refractivity contribution >= 4 is 28.8 Å². The van der Waals surface area contributed by atoms with E-state index in [4.69, 9.17) is 5.73 Å². The van der Waals surface area contributed by atoms with E-state index in [0.29, 0.717) is 23.4 Å². The molecule has 2 aliphatic heterocycles. The number of carbonyl (C=O) groups excluding carboxylic acids is 3. The summed E-state index contributed by atoms with van der Waals surface area (Å²) in [5.74, 6) is 6.47. The molecule has 1 aromatic carbocycles. The lowest BCUT2D eigenvalue weighted by molar-refractivity contribution is -0.150. The quantitative estimate of drug-likeness (QED) is 0.466. The molecule has 38 heavy (non-hydrogen) atoms. The monoisotopic (exact) mass is 517 g/mol. The second kappa shape index (κ2) is 9.12. The zero-order valence-corrected chi connectivity index (χ0v) is 21.9. The molecule has 3 aliphatic carbocycles. The molecule has 2 saturated heterocycles. The SMILES string of the molecule is Cn1c(=O)n(C2CCC(=O)NC2=O)c2ccc(C#CC3CCN(C(=O)C45CCC(N)(CC4)CC5)CC3)cc21. The van der Waals surface area contributed by atoms with E-state index in [1.54, 1.807) is 7.05 Å². The largest absolute Gasteiger partial charge is 0.342 e. The number of nitrogens with two attached hydrogens (primary N) is 1. The number of piperidine rings is 2. The van der Waals surface area contributed by atoms with Gasteiger partial charge in [0.1, 0.15) is 6.04 Å². The molecular weight excluding hydrogens is 482 g/mol. The summed E-state index contributed by atoms with van der Waals surface area (Å²) >= 11 is 0. The van der Waals surface area contributed by atoms with Gasteiger partial charge in [-0.05, 0) is 76.0 Å². The minimum absolute atomic E-state index is 0.0342. The lowest BCUT2D eigenvalue weighted by Crippen LogP contribution is -2.57. The maximum absolute atomic E-state index is 13.4. The fourth-order valence-electron chi connectivity index (χ4n) is 6.95. The molecule has 2 bridgehead atoms. The third-order valence-corrected chi connectivity index (χ3v) is 9.57. The lowest BCUT2D eigenvalue weighted by Gasteiger charge is -2.52. The Morgan fingerprint density at radius 3 is 2.34 bits per heavy atom. The van der Waals surface area contributed by atoms with E-state index in [2.05, 4.69) is 22.1 Å². The highest BCUT2D eigenvalue weighted by molar-refractivity contribution is 6.00. The number of imidazole rings is 1. The van der Waals surface area contributed by atoms with Gasteiger partial charge in [0.2, 0.25) is 17.7 Å². The van der Waals surface area contributed by atoms with Crippen molar-refractivity contribution < 1.29 is 14.4 Å². The predicted molar refractivity (Wildman–Crippen MR) is 142 cm³/mol. The molecule has 1 aromatic heterocycles. The molecule has 1 atom stereocenters. The Balaban J connectivity index is 1.14. The Hall–Kier alpha value is -3.38. The van der Waals surface area contributed by atoms with Crippen LogP contribution in [0.3, 0.4) is 0 Å². The zero-order chi connectivity index (χ0) is 26.7. The first-order valence-corrected chi connectivity index (χ1v) is 13.8. The minimum Gasteiger partial charge on any atom is -0.342 e. The van der Waals surface area contributed by atoms with Crippen molar-refractivity contribution in [3.05, 3.63) is 34.2 Å². The highest BCUT2D eigenvalue weighted by atomic mass is 16.2. The van der Waals surface area contributed by atoms with Crippen LogP contribution in [0.5, 0.6) is 0 Å². The van der Waals surface area contributed by atoms with Crippen LogP contribution in [0.15, 0.2) is 23.0 Å².